The highest BCUT2D eigenvalue weighted by Gasteiger charge is 2.18. The lowest BCUT2D eigenvalue weighted by Crippen LogP contribution is -2.19. The van der Waals surface area contributed by atoms with Crippen LogP contribution in [-0.4, -0.2) is 12.1 Å². The van der Waals surface area contributed by atoms with Gasteiger partial charge in [-0.1, -0.05) is 37.8 Å². The Balaban J connectivity index is 1.67. The van der Waals surface area contributed by atoms with Gasteiger partial charge in [0.2, 0.25) is 0 Å². The fourth-order valence-electron chi connectivity index (χ4n) is 3.31. The van der Waals surface area contributed by atoms with Crippen LogP contribution in [0.3, 0.4) is 0 Å². The number of rotatable bonds is 4. The Bertz CT molecular complexity index is 339. The summed E-state index contributed by atoms with van der Waals surface area (Å²) in [6.07, 6.45) is 10.9. The van der Waals surface area contributed by atoms with Gasteiger partial charge >= 0.3 is 0 Å². The first-order valence-corrected chi connectivity index (χ1v) is 7.54. The number of nitrogens with one attached hydrogen (secondary N) is 2. The largest absolute Gasteiger partial charge is 0.381 e. The van der Waals surface area contributed by atoms with Gasteiger partial charge in [-0.3, -0.25) is 0 Å². The fourth-order valence-corrected chi connectivity index (χ4v) is 3.31. The van der Waals surface area contributed by atoms with E-state index in [1.165, 1.54) is 62.7 Å². The lowest BCUT2D eigenvalue weighted by Gasteiger charge is -2.20. The molecule has 0 unspecified atom stereocenters. The third kappa shape index (κ3) is 2.80. The molecule has 2 fully saturated rings. The number of hydrogen-bond donors (Lipinski definition) is 2. The Hall–Kier alpha value is -1.18. The first kappa shape index (κ1) is 11.9. The van der Waals surface area contributed by atoms with Gasteiger partial charge in [0.05, 0.1) is 11.4 Å². The highest BCUT2D eigenvalue weighted by atomic mass is 15.0. The second-order valence-electron chi connectivity index (χ2n) is 5.80. The molecule has 0 saturated heterocycles. The van der Waals surface area contributed by atoms with Crippen molar-refractivity contribution in [2.24, 2.45) is 0 Å². The summed E-state index contributed by atoms with van der Waals surface area (Å²) in [7, 11) is 0. The van der Waals surface area contributed by atoms with E-state index >= 15 is 0 Å². The lowest BCUT2D eigenvalue weighted by molar-refractivity contribution is 0.745. The summed E-state index contributed by atoms with van der Waals surface area (Å²) in [5.74, 6) is 0. The molecule has 0 radical (unpaired) electrons. The Labute approximate surface area is 110 Å². The summed E-state index contributed by atoms with van der Waals surface area (Å²) in [5.41, 5.74) is 2.60. The maximum atomic E-state index is 3.72. The van der Waals surface area contributed by atoms with Crippen LogP contribution in [0.1, 0.15) is 51.4 Å². The number of benzene rings is 1. The van der Waals surface area contributed by atoms with E-state index in [4.69, 9.17) is 0 Å². The van der Waals surface area contributed by atoms with E-state index < -0.39 is 0 Å². The van der Waals surface area contributed by atoms with Crippen molar-refractivity contribution >= 4 is 11.4 Å². The van der Waals surface area contributed by atoms with Gasteiger partial charge in [-0.25, -0.2) is 0 Å². The van der Waals surface area contributed by atoms with Crippen molar-refractivity contribution in [3.8, 4) is 0 Å². The van der Waals surface area contributed by atoms with Gasteiger partial charge in [-0.2, -0.15) is 0 Å². The van der Waals surface area contributed by atoms with Gasteiger partial charge in [-0.15, -0.1) is 0 Å². The maximum Gasteiger partial charge on any atom is 0.0578 e. The first-order valence-electron chi connectivity index (χ1n) is 7.54. The van der Waals surface area contributed by atoms with Crippen molar-refractivity contribution in [2.45, 2.75) is 63.5 Å². The summed E-state index contributed by atoms with van der Waals surface area (Å²) >= 11 is 0. The van der Waals surface area contributed by atoms with Gasteiger partial charge in [0.15, 0.2) is 0 Å². The molecule has 0 amide bonds. The Morgan fingerprint density at radius 2 is 1.06 bits per heavy atom. The van der Waals surface area contributed by atoms with Gasteiger partial charge in [0, 0.05) is 12.1 Å². The number of para-hydroxylation sites is 2. The van der Waals surface area contributed by atoms with Gasteiger partial charge < -0.3 is 10.6 Å². The predicted molar refractivity (Wildman–Crippen MR) is 78.2 cm³/mol. The van der Waals surface area contributed by atoms with Crippen LogP contribution in [0.2, 0.25) is 0 Å². The molecule has 0 aliphatic heterocycles. The maximum absolute atomic E-state index is 3.72. The van der Waals surface area contributed by atoms with Gasteiger partial charge in [0.25, 0.3) is 0 Å². The molecular weight excluding hydrogens is 220 g/mol. The molecule has 0 bridgehead atoms. The second-order valence-corrected chi connectivity index (χ2v) is 5.80. The molecule has 98 valence electrons. The van der Waals surface area contributed by atoms with Crippen LogP contribution in [0.15, 0.2) is 24.3 Å². The Morgan fingerprint density at radius 3 is 1.44 bits per heavy atom. The van der Waals surface area contributed by atoms with E-state index in [-0.39, 0.29) is 0 Å². The molecule has 2 nitrogen and oxygen atoms in total. The van der Waals surface area contributed by atoms with Crippen LogP contribution in [0.4, 0.5) is 11.4 Å². The minimum absolute atomic E-state index is 0.691. The quantitative estimate of drug-likeness (QED) is 0.820. The molecule has 18 heavy (non-hydrogen) atoms. The zero-order valence-corrected chi connectivity index (χ0v) is 11.1. The van der Waals surface area contributed by atoms with Crippen molar-refractivity contribution in [1.29, 1.82) is 0 Å². The third-order valence-electron chi connectivity index (χ3n) is 4.36. The molecule has 2 aliphatic rings. The van der Waals surface area contributed by atoms with E-state index in [0.717, 1.165) is 0 Å². The van der Waals surface area contributed by atoms with Crippen molar-refractivity contribution in [3.63, 3.8) is 0 Å². The molecule has 3 rings (SSSR count). The van der Waals surface area contributed by atoms with Crippen LogP contribution in [0.5, 0.6) is 0 Å². The molecule has 0 aromatic heterocycles. The number of hydrogen-bond acceptors (Lipinski definition) is 2. The van der Waals surface area contributed by atoms with E-state index in [1.54, 1.807) is 0 Å². The SMILES string of the molecule is c1ccc(NC2CCCC2)c(NC2CCCC2)c1. The smallest absolute Gasteiger partial charge is 0.0578 e. The monoisotopic (exact) mass is 244 g/mol. The lowest BCUT2D eigenvalue weighted by atomic mass is 10.2. The molecule has 2 heteroatoms. The highest BCUT2D eigenvalue weighted by molar-refractivity contribution is 5.69. The Kier molecular flexibility index (Phi) is 3.72. The van der Waals surface area contributed by atoms with Crippen LogP contribution in [-0.2, 0) is 0 Å². The topological polar surface area (TPSA) is 24.1 Å². The predicted octanol–water partition coefficient (Wildman–Crippen LogP) is 4.40. The molecule has 2 aliphatic carbocycles. The minimum atomic E-state index is 0.691. The average Bonchev–Trinajstić information content (AvgIpc) is 3.05. The molecule has 0 atom stereocenters. The Morgan fingerprint density at radius 1 is 0.667 bits per heavy atom. The number of anilines is 2. The molecular formula is C16H24N2. The van der Waals surface area contributed by atoms with E-state index in [0.29, 0.717) is 12.1 Å². The van der Waals surface area contributed by atoms with E-state index in [1.807, 2.05) is 0 Å². The fraction of sp³-hybridized carbons (Fsp3) is 0.625. The molecule has 1 aromatic rings. The zero-order valence-electron chi connectivity index (χ0n) is 11.1. The normalized spacial score (nSPS) is 21.3. The zero-order chi connectivity index (χ0) is 12.2. The van der Waals surface area contributed by atoms with E-state index in [2.05, 4.69) is 34.9 Å². The molecule has 0 spiro atoms. The van der Waals surface area contributed by atoms with Crippen LogP contribution < -0.4 is 10.6 Å². The minimum Gasteiger partial charge on any atom is -0.381 e. The van der Waals surface area contributed by atoms with Crippen LogP contribution in [0, 0.1) is 0 Å². The van der Waals surface area contributed by atoms with E-state index in [9.17, 15) is 0 Å². The summed E-state index contributed by atoms with van der Waals surface area (Å²) in [4.78, 5) is 0. The van der Waals surface area contributed by atoms with Gasteiger partial charge in [0.1, 0.15) is 0 Å². The van der Waals surface area contributed by atoms with Crippen LogP contribution in [0.25, 0.3) is 0 Å². The molecule has 0 heterocycles. The first-order chi connectivity index (χ1) is 8.92. The van der Waals surface area contributed by atoms with Crippen molar-refractivity contribution in [2.75, 3.05) is 10.6 Å². The van der Waals surface area contributed by atoms with Crippen molar-refractivity contribution < 1.29 is 0 Å². The summed E-state index contributed by atoms with van der Waals surface area (Å²) in [6.45, 7) is 0. The molecule has 2 N–H and O–H groups in total. The molecule has 2 saturated carbocycles. The van der Waals surface area contributed by atoms with Crippen molar-refractivity contribution in [1.82, 2.24) is 0 Å². The highest BCUT2D eigenvalue weighted by Crippen LogP contribution is 2.30. The standard InChI is InChI=1S/C16H24N2/c1-2-8-13(7-1)17-15-11-5-6-12-16(15)18-14-9-3-4-10-14/h5-6,11-14,17-18H,1-4,7-10H2. The molecule has 1 aromatic carbocycles. The van der Waals surface area contributed by atoms with Crippen LogP contribution >= 0.6 is 0 Å². The van der Waals surface area contributed by atoms with Crippen molar-refractivity contribution in [3.05, 3.63) is 24.3 Å². The average molecular weight is 244 g/mol. The second kappa shape index (κ2) is 5.64. The van der Waals surface area contributed by atoms with Gasteiger partial charge in [-0.05, 0) is 37.8 Å². The summed E-state index contributed by atoms with van der Waals surface area (Å²) < 4.78 is 0. The summed E-state index contributed by atoms with van der Waals surface area (Å²) in [6, 6.07) is 10.1. The summed E-state index contributed by atoms with van der Waals surface area (Å²) in [5, 5.41) is 7.44. The third-order valence-corrected chi connectivity index (χ3v) is 4.36.